The molecular formula is C34H49FO15. The van der Waals surface area contributed by atoms with Crippen molar-refractivity contribution in [3.63, 3.8) is 0 Å². The van der Waals surface area contributed by atoms with Crippen LogP contribution in [0.2, 0.25) is 0 Å². The summed E-state index contributed by atoms with van der Waals surface area (Å²) in [6, 6.07) is 0. The highest BCUT2D eigenvalue weighted by Gasteiger charge is 2.79. The van der Waals surface area contributed by atoms with Gasteiger partial charge >= 0.3 is 0 Å². The van der Waals surface area contributed by atoms with Crippen molar-refractivity contribution in [1.82, 2.24) is 0 Å². The predicted octanol–water partition coefficient (Wildman–Crippen LogP) is -3.47. The van der Waals surface area contributed by atoms with Crippen LogP contribution < -0.4 is 0 Å². The molecule has 0 aromatic heterocycles. The van der Waals surface area contributed by atoms with Gasteiger partial charge in [0.05, 0.1) is 25.9 Å². The molecule has 0 radical (unpaired) electrons. The van der Waals surface area contributed by atoms with Crippen molar-refractivity contribution in [2.24, 2.45) is 34.5 Å². The van der Waals surface area contributed by atoms with E-state index in [-0.39, 0.29) is 25.0 Å². The number of halogens is 1. The maximum absolute atomic E-state index is 17.8. The summed E-state index contributed by atoms with van der Waals surface area (Å²) in [5.41, 5.74) is -10.8. The van der Waals surface area contributed by atoms with Crippen LogP contribution in [0.5, 0.6) is 0 Å². The van der Waals surface area contributed by atoms with Crippen LogP contribution in [0.4, 0.5) is 4.39 Å². The Morgan fingerprint density at radius 2 is 1.60 bits per heavy atom. The number of fused-ring (bicyclic) bond motifs is 5. The van der Waals surface area contributed by atoms with Crippen molar-refractivity contribution in [2.75, 3.05) is 19.8 Å². The smallest absolute Gasteiger partial charge is 0.208 e. The predicted molar refractivity (Wildman–Crippen MR) is 165 cm³/mol. The van der Waals surface area contributed by atoms with Gasteiger partial charge in [-0.2, -0.15) is 0 Å². The van der Waals surface area contributed by atoms with Gasteiger partial charge in [-0.15, -0.1) is 0 Å². The zero-order chi connectivity index (χ0) is 37.1. The van der Waals surface area contributed by atoms with Gasteiger partial charge in [0.1, 0.15) is 59.8 Å². The molecule has 0 bridgehead atoms. The third-order valence-corrected chi connectivity index (χ3v) is 13.7. The lowest BCUT2D eigenvalue weighted by atomic mass is 9.44. The Labute approximate surface area is 287 Å². The molecule has 0 aromatic rings. The number of alkyl halides is 1. The highest BCUT2D eigenvalue weighted by atomic mass is 19.1. The molecule has 0 amide bonds. The number of ether oxygens (including phenoxy) is 2. The van der Waals surface area contributed by atoms with E-state index in [0.717, 1.165) is 0 Å². The summed E-state index contributed by atoms with van der Waals surface area (Å²) in [6.45, 7) is 1.48. The van der Waals surface area contributed by atoms with Crippen LogP contribution >= 0.6 is 0 Å². The standard InChI is InChI=1S/C34H49FO15/c1-14-8-18-17-5-4-15-9-16(38)6-7-29(15,2)32(17,35)21(39)10-30(18,3)33(14,47)28(45)25(31(46)13-49-19(11-36)23(41)26(31)43)34(48)27(44)24(42)22(40)20(12-37)50-34/h6-7,9,14,17-27,36-37,39-44,46-48H,4-5,8,10-13H2,1-3H3/t14?,17-,18-,19+,20+,21?,22-,23-,24-,25?,26-,27+,29-,30-,31-,32-,33-,34+/m0/s1. The summed E-state index contributed by atoms with van der Waals surface area (Å²) < 4.78 is 28.6. The molecule has 4 aliphatic carbocycles. The summed E-state index contributed by atoms with van der Waals surface area (Å²) in [6.07, 6.45) is -12.8. The number of Topliss-reactive ketones (excluding diaryl/α,β-unsaturated/α-hetero) is 1. The fraction of sp³-hybridized carbons (Fsp3) is 0.824. The molecule has 3 saturated carbocycles. The number of aliphatic hydroxyl groups is 11. The molecule has 5 fully saturated rings. The van der Waals surface area contributed by atoms with E-state index in [9.17, 15) is 61.0 Å². The third kappa shape index (κ3) is 4.61. The monoisotopic (exact) mass is 716 g/mol. The van der Waals surface area contributed by atoms with Crippen molar-refractivity contribution in [3.8, 4) is 0 Å². The van der Waals surface area contributed by atoms with Crippen LogP contribution in [0.25, 0.3) is 0 Å². The second kappa shape index (κ2) is 12.1. The maximum atomic E-state index is 17.8. The van der Waals surface area contributed by atoms with Crippen LogP contribution in [0, 0.1) is 34.5 Å². The molecule has 6 rings (SSSR count). The van der Waals surface area contributed by atoms with Gasteiger partial charge in [0.2, 0.25) is 5.79 Å². The molecule has 18 atom stereocenters. The summed E-state index contributed by atoms with van der Waals surface area (Å²) in [7, 11) is 0. The van der Waals surface area contributed by atoms with Crippen molar-refractivity contribution >= 4 is 11.6 Å². The summed E-state index contributed by atoms with van der Waals surface area (Å²) in [5.74, 6) is -10.9. The zero-order valence-electron chi connectivity index (χ0n) is 28.0. The van der Waals surface area contributed by atoms with Gasteiger partial charge < -0.3 is 65.6 Å². The molecule has 0 aromatic carbocycles. The van der Waals surface area contributed by atoms with E-state index >= 15 is 9.18 Å². The van der Waals surface area contributed by atoms with E-state index in [4.69, 9.17) is 9.47 Å². The first kappa shape index (κ1) is 38.0. The van der Waals surface area contributed by atoms with E-state index in [1.165, 1.54) is 32.1 Å². The van der Waals surface area contributed by atoms with Gasteiger partial charge in [-0.05, 0) is 56.6 Å². The van der Waals surface area contributed by atoms with Crippen LogP contribution in [-0.4, -0.2) is 159 Å². The maximum Gasteiger partial charge on any atom is 0.208 e. The van der Waals surface area contributed by atoms with Gasteiger partial charge in [0.15, 0.2) is 17.2 Å². The van der Waals surface area contributed by atoms with Gasteiger partial charge in [-0.3, -0.25) is 9.59 Å². The Morgan fingerprint density at radius 1 is 0.960 bits per heavy atom. The van der Waals surface area contributed by atoms with E-state index in [1.54, 1.807) is 6.92 Å². The number of hydrogen-bond donors (Lipinski definition) is 11. The van der Waals surface area contributed by atoms with Crippen LogP contribution in [0.15, 0.2) is 23.8 Å². The number of rotatable bonds is 6. The lowest BCUT2D eigenvalue weighted by molar-refractivity contribution is -0.390. The molecule has 11 N–H and O–H groups in total. The Balaban J connectivity index is 1.49. The molecular weight excluding hydrogens is 667 g/mol. The third-order valence-electron chi connectivity index (χ3n) is 13.7. The highest BCUT2D eigenvalue weighted by molar-refractivity contribution is 6.01. The van der Waals surface area contributed by atoms with Crippen molar-refractivity contribution in [3.05, 3.63) is 23.8 Å². The summed E-state index contributed by atoms with van der Waals surface area (Å²) in [4.78, 5) is 27.5. The Morgan fingerprint density at radius 3 is 2.22 bits per heavy atom. The van der Waals surface area contributed by atoms with E-state index in [1.807, 2.05) is 0 Å². The Hall–Kier alpha value is -1.77. The number of carbonyl (C=O) groups excluding carboxylic acids is 2. The quantitative estimate of drug-likeness (QED) is 0.127. The Kier molecular flexibility index (Phi) is 9.21. The first-order valence-electron chi connectivity index (χ1n) is 17.1. The average Bonchev–Trinajstić information content (AvgIpc) is 3.27. The number of aliphatic hydroxyl groups excluding tert-OH is 8. The second-order valence-corrected chi connectivity index (χ2v) is 15.9. The molecule has 282 valence electrons. The van der Waals surface area contributed by atoms with Gasteiger partial charge in [-0.25, -0.2) is 4.39 Å². The summed E-state index contributed by atoms with van der Waals surface area (Å²) in [5, 5.41) is 123. The zero-order valence-corrected chi connectivity index (χ0v) is 28.0. The van der Waals surface area contributed by atoms with Crippen molar-refractivity contribution < 1.29 is 79.6 Å². The molecule has 50 heavy (non-hydrogen) atoms. The van der Waals surface area contributed by atoms with Gasteiger partial charge in [-0.1, -0.05) is 25.5 Å². The molecule has 16 heteroatoms. The van der Waals surface area contributed by atoms with E-state index in [2.05, 4.69) is 0 Å². The molecule has 3 unspecified atom stereocenters. The van der Waals surface area contributed by atoms with E-state index in [0.29, 0.717) is 5.57 Å². The van der Waals surface area contributed by atoms with Gasteiger partial charge in [0.25, 0.3) is 0 Å². The molecule has 2 saturated heterocycles. The minimum absolute atomic E-state index is 0.0125. The summed E-state index contributed by atoms with van der Waals surface area (Å²) >= 11 is 0. The van der Waals surface area contributed by atoms with Crippen LogP contribution in [0.1, 0.15) is 46.5 Å². The van der Waals surface area contributed by atoms with Crippen LogP contribution in [-0.2, 0) is 19.1 Å². The fourth-order valence-electron chi connectivity index (χ4n) is 10.8. The average molecular weight is 717 g/mol. The minimum Gasteiger partial charge on any atom is -0.394 e. The first-order chi connectivity index (χ1) is 23.1. The Bertz CT molecular complexity index is 1460. The van der Waals surface area contributed by atoms with Crippen molar-refractivity contribution in [1.29, 1.82) is 0 Å². The number of hydrogen-bond acceptors (Lipinski definition) is 15. The lowest BCUT2D eigenvalue weighted by Gasteiger charge is -2.63. The first-order valence-corrected chi connectivity index (χ1v) is 17.1. The van der Waals surface area contributed by atoms with Crippen molar-refractivity contribution in [2.45, 2.75) is 118 Å². The minimum atomic E-state index is -3.49. The molecule has 15 nitrogen and oxygen atoms in total. The number of carbonyl (C=O) groups is 2. The largest absolute Gasteiger partial charge is 0.394 e. The SMILES string of the molecule is CC1C[C@H]2[C@@H]3CCC4=CC(=O)C=C[C@]4(C)[C@@]3(F)C(O)C[C@]2(C)[C@@]1(O)C(=O)C([C@@]1(O)CO[C@H](CO)[C@H](O)[C@@H]1O)[C@@]1(O)O[C@H](CO)[C@H](O)[C@H](O)[C@H]1O. The number of allylic oxidation sites excluding steroid dienone is 4. The lowest BCUT2D eigenvalue weighted by Crippen LogP contribution is -2.79. The molecule has 2 aliphatic heterocycles. The highest BCUT2D eigenvalue weighted by Crippen LogP contribution is 2.71. The number of ketones is 2. The topological polar surface area (TPSA) is 275 Å². The van der Waals surface area contributed by atoms with Gasteiger partial charge in [0, 0.05) is 16.7 Å². The van der Waals surface area contributed by atoms with Crippen LogP contribution in [0.3, 0.4) is 0 Å². The molecule has 0 spiro atoms. The van der Waals surface area contributed by atoms with E-state index < -0.39 is 138 Å². The second-order valence-electron chi connectivity index (χ2n) is 15.9. The normalized spacial score (nSPS) is 55.5. The molecule has 2 heterocycles. The fourth-order valence-corrected chi connectivity index (χ4v) is 10.8. The molecule has 6 aliphatic rings.